The van der Waals surface area contributed by atoms with E-state index in [9.17, 15) is 9.59 Å². The Balaban J connectivity index is 1.80. The fourth-order valence-corrected chi connectivity index (χ4v) is 3.03. The Kier molecular flexibility index (Phi) is 6.59. The second kappa shape index (κ2) is 8.67. The molecule has 0 saturated heterocycles. The minimum absolute atomic E-state index is 0.0179. The number of benzene rings is 1. The van der Waals surface area contributed by atoms with Crippen molar-refractivity contribution >= 4 is 11.8 Å². The first-order valence-electron chi connectivity index (χ1n) is 8.29. The van der Waals surface area contributed by atoms with Crippen molar-refractivity contribution in [1.82, 2.24) is 5.32 Å². The van der Waals surface area contributed by atoms with E-state index in [1.165, 1.54) is 6.42 Å². The summed E-state index contributed by atoms with van der Waals surface area (Å²) in [4.78, 5) is 23.6. The minimum atomic E-state index is -0.709. The molecule has 5 heteroatoms. The quantitative estimate of drug-likeness (QED) is 0.804. The predicted molar refractivity (Wildman–Crippen MR) is 88.6 cm³/mol. The molecule has 2 amide bonds. The van der Waals surface area contributed by atoms with Gasteiger partial charge in [0.25, 0.3) is 0 Å². The molecule has 3 atom stereocenters. The van der Waals surface area contributed by atoms with Crippen LogP contribution in [0.15, 0.2) is 30.3 Å². The largest absolute Gasteiger partial charge is 0.368 e. The molecule has 1 aromatic rings. The van der Waals surface area contributed by atoms with Crippen molar-refractivity contribution in [2.45, 2.75) is 51.2 Å². The molecule has 126 valence electrons. The highest BCUT2D eigenvalue weighted by atomic mass is 16.5. The zero-order chi connectivity index (χ0) is 16.7. The molecule has 0 radical (unpaired) electrons. The Bertz CT molecular complexity index is 518. The third-order valence-corrected chi connectivity index (χ3v) is 4.30. The van der Waals surface area contributed by atoms with Gasteiger partial charge >= 0.3 is 0 Å². The molecule has 0 aliphatic heterocycles. The standard InChI is InChI=1S/C18H26N2O3/c1-13-6-5-9-15(10-13)23-12-17(21)20-16(18(19)22)11-14-7-3-2-4-8-14/h2-4,7-8,13,15-16H,5-6,9-12H2,1H3,(H2,19,22)(H,20,21)/t13-,15-,16+/m1/s1. The lowest BCUT2D eigenvalue weighted by Crippen LogP contribution is -2.47. The lowest BCUT2D eigenvalue weighted by molar-refractivity contribution is -0.132. The fraction of sp³-hybridized carbons (Fsp3) is 0.556. The number of nitrogens with one attached hydrogen (secondary N) is 1. The van der Waals surface area contributed by atoms with E-state index in [1.54, 1.807) is 0 Å². The summed E-state index contributed by atoms with van der Waals surface area (Å²) in [6, 6.07) is 8.79. The predicted octanol–water partition coefficient (Wildman–Crippen LogP) is 1.79. The molecule has 1 saturated carbocycles. The van der Waals surface area contributed by atoms with Gasteiger partial charge in [0.05, 0.1) is 6.10 Å². The SMILES string of the molecule is C[C@@H]1CCC[C@@H](OCC(=O)N[C@@H](Cc2ccccc2)C(N)=O)C1. The average molecular weight is 318 g/mol. The molecule has 2 rings (SSSR count). The lowest BCUT2D eigenvalue weighted by atomic mass is 9.89. The summed E-state index contributed by atoms with van der Waals surface area (Å²) in [5.41, 5.74) is 6.35. The summed E-state index contributed by atoms with van der Waals surface area (Å²) >= 11 is 0. The van der Waals surface area contributed by atoms with Gasteiger partial charge in [0.1, 0.15) is 12.6 Å². The van der Waals surface area contributed by atoms with Crippen molar-refractivity contribution in [2.24, 2.45) is 11.7 Å². The normalized spacial score (nSPS) is 22.3. The van der Waals surface area contributed by atoms with Gasteiger partial charge in [-0.15, -0.1) is 0 Å². The van der Waals surface area contributed by atoms with Crippen LogP contribution in [0.2, 0.25) is 0 Å². The van der Waals surface area contributed by atoms with E-state index in [0.29, 0.717) is 12.3 Å². The van der Waals surface area contributed by atoms with Crippen molar-refractivity contribution in [2.75, 3.05) is 6.61 Å². The molecule has 0 bridgehead atoms. The summed E-state index contributed by atoms with van der Waals surface area (Å²) in [7, 11) is 0. The van der Waals surface area contributed by atoms with Crippen LogP contribution in [0, 0.1) is 5.92 Å². The van der Waals surface area contributed by atoms with Crippen LogP contribution < -0.4 is 11.1 Å². The molecule has 1 aliphatic carbocycles. The van der Waals surface area contributed by atoms with Crippen molar-refractivity contribution in [3.63, 3.8) is 0 Å². The Labute approximate surface area is 137 Å². The van der Waals surface area contributed by atoms with Gasteiger partial charge in [0, 0.05) is 6.42 Å². The number of hydrogen-bond donors (Lipinski definition) is 2. The van der Waals surface area contributed by atoms with Crippen LogP contribution in [0.25, 0.3) is 0 Å². The average Bonchev–Trinajstić information content (AvgIpc) is 2.53. The summed E-state index contributed by atoms with van der Waals surface area (Å²) < 4.78 is 5.68. The Morgan fingerprint density at radius 2 is 2.04 bits per heavy atom. The number of ether oxygens (including phenoxy) is 1. The molecule has 0 aromatic heterocycles. The molecular formula is C18H26N2O3. The maximum Gasteiger partial charge on any atom is 0.246 e. The zero-order valence-corrected chi connectivity index (χ0v) is 13.7. The summed E-state index contributed by atoms with van der Waals surface area (Å²) in [5, 5.41) is 2.68. The highest BCUT2D eigenvalue weighted by molar-refractivity contribution is 5.87. The Hall–Kier alpha value is -1.88. The van der Waals surface area contributed by atoms with Crippen LogP contribution in [-0.4, -0.2) is 30.6 Å². The first kappa shape index (κ1) is 17.5. The van der Waals surface area contributed by atoms with Crippen molar-refractivity contribution < 1.29 is 14.3 Å². The smallest absolute Gasteiger partial charge is 0.246 e. The second-order valence-corrected chi connectivity index (χ2v) is 6.42. The molecule has 1 fully saturated rings. The third kappa shape index (κ3) is 6.02. The Morgan fingerprint density at radius 1 is 1.30 bits per heavy atom. The van der Waals surface area contributed by atoms with Gasteiger partial charge in [-0.25, -0.2) is 0 Å². The number of primary amides is 1. The molecule has 1 aromatic carbocycles. The van der Waals surface area contributed by atoms with E-state index in [2.05, 4.69) is 12.2 Å². The van der Waals surface area contributed by atoms with Crippen molar-refractivity contribution in [1.29, 1.82) is 0 Å². The maximum absolute atomic E-state index is 12.0. The van der Waals surface area contributed by atoms with Gasteiger partial charge in [-0.1, -0.05) is 50.1 Å². The molecule has 0 spiro atoms. The van der Waals surface area contributed by atoms with Crippen molar-refractivity contribution in [3.05, 3.63) is 35.9 Å². The number of carbonyl (C=O) groups excluding carboxylic acids is 2. The van der Waals surface area contributed by atoms with Gasteiger partial charge in [0.2, 0.25) is 11.8 Å². The lowest BCUT2D eigenvalue weighted by Gasteiger charge is -2.26. The number of hydrogen-bond acceptors (Lipinski definition) is 3. The van der Waals surface area contributed by atoms with Crippen LogP contribution in [0.4, 0.5) is 0 Å². The van der Waals surface area contributed by atoms with Crippen LogP contribution in [-0.2, 0) is 20.7 Å². The van der Waals surface area contributed by atoms with E-state index in [-0.39, 0.29) is 18.6 Å². The summed E-state index contributed by atoms with van der Waals surface area (Å²) in [5.74, 6) is -0.176. The highest BCUT2D eigenvalue weighted by Gasteiger charge is 2.22. The van der Waals surface area contributed by atoms with E-state index >= 15 is 0 Å². The van der Waals surface area contributed by atoms with Gasteiger partial charge in [-0.2, -0.15) is 0 Å². The van der Waals surface area contributed by atoms with Gasteiger partial charge in [-0.05, 0) is 24.3 Å². The van der Waals surface area contributed by atoms with Crippen molar-refractivity contribution in [3.8, 4) is 0 Å². The zero-order valence-electron chi connectivity index (χ0n) is 13.7. The van der Waals surface area contributed by atoms with E-state index in [4.69, 9.17) is 10.5 Å². The molecular weight excluding hydrogens is 292 g/mol. The third-order valence-electron chi connectivity index (χ3n) is 4.30. The summed E-state index contributed by atoms with van der Waals surface area (Å²) in [6.45, 7) is 2.19. The van der Waals surface area contributed by atoms with E-state index in [0.717, 1.165) is 24.8 Å². The molecule has 0 unspecified atom stereocenters. The molecule has 3 N–H and O–H groups in total. The molecule has 1 aliphatic rings. The number of amides is 2. The first-order chi connectivity index (χ1) is 11.0. The first-order valence-corrected chi connectivity index (χ1v) is 8.29. The molecule has 0 heterocycles. The summed E-state index contributed by atoms with van der Waals surface area (Å²) in [6.07, 6.45) is 4.91. The number of carbonyl (C=O) groups is 2. The van der Waals surface area contributed by atoms with Gasteiger partial charge in [0.15, 0.2) is 0 Å². The van der Waals surface area contributed by atoms with Gasteiger partial charge < -0.3 is 15.8 Å². The molecule has 5 nitrogen and oxygen atoms in total. The van der Waals surface area contributed by atoms with Crippen LogP contribution in [0.3, 0.4) is 0 Å². The van der Waals surface area contributed by atoms with Gasteiger partial charge in [-0.3, -0.25) is 9.59 Å². The van der Waals surface area contributed by atoms with E-state index in [1.807, 2.05) is 30.3 Å². The highest BCUT2D eigenvalue weighted by Crippen LogP contribution is 2.25. The maximum atomic E-state index is 12.0. The minimum Gasteiger partial charge on any atom is -0.368 e. The fourth-order valence-electron chi connectivity index (χ4n) is 3.03. The van der Waals surface area contributed by atoms with Crippen LogP contribution >= 0.6 is 0 Å². The second-order valence-electron chi connectivity index (χ2n) is 6.42. The van der Waals surface area contributed by atoms with Crippen LogP contribution in [0.5, 0.6) is 0 Å². The number of rotatable bonds is 7. The van der Waals surface area contributed by atoms with E-state index < -0.39 is 11.9 Å². The Morgan fingerprint density at radius 3 is 2.70 bits per heavy atom. The topological polar surface area (TPSA) is 81.4 Å². The monoisotopic (exact) mass is 318 g/mol. The van der Waals surface area contributed by atoms with Crippen LogP contribution in [0.1, 0.15) is 38.2 Å². The molecule has 23 heavy (non-hydrogen) atoms. The number of nitrogens with two attached hydrogens (primary N) is 1.